The van der Waals surface area contributed by atoms with Gasteiger partial charge < -0.3 is 14.2 Å². The highest BCUT2D eigenvalue weighted by atomic mass is 16.6. The molecule has 0 N–H and O–H groups in total. The average Bonchev–Trinajstić information content (AvgIpc) is 3.07. The van der Waals surface area contributed by atoms with Gasteiger partial charge in [0.1, 0.15) is 23.7 Å². The maximum absolute atomic E-state index is 13.3. The minimum atomic E-state index is -0.921. The van der Waals surface area contributed by atoms with Gasteiger partial charge in [0.05, 0.1) is 0 Å². The van der Waals surface area contributed by atoms with Gasteiger partial charge in [-0.1, -0.05) is 19.1 Å². The van der Waals surface area contributed by atoms with Crippen LogP contribution in [0.3, 0.4) is 0 Å². The zero-order valence-electron chi connectivity index (χ0n) is 18.4. The summed E-state index contributed by atoms with van der Waals surface area (Å²) in [5.41, 5.74) is -0.0385. The Kier molecular flexibility index (Phi) is 4.08. The van der Waals surface area contributed by atoms with E-state index in [4.69, 9.17) is 14.2 Å². The Balaban J connectivity index is 1.66. The van der Waals surface area contributed by atoms with Crippen molar-refractivity contribution in [3.8, 4) is 0 Å². The van der Waals surface area contributed by atoms with Crippen molar-refractivity contribution in [1.82, 2.24) is 0 Å². The molecule has 0 aromatic heterocycles. The molecule has 164 valence electrons. The van der Waals surface area contributed by atoms with Crippen LogP contribution in [0.2, 0.25) is 0 Å². The second-order valence-corrected chi connectivity index (χ2v) is 10.9. The summed E-state index contributed by atoms with van der Waals surface area (Å²) in [7, 11) is 0. The molecule has 4 saturated carbocycles. The summed E-state index contributed by atoms with van der Waals surface area (Å²) < 4.78 is 17.7. The largest absolute Gasteiger partial charge is 0.461 e. The van der Waals surface area contributed by atoms with Crippen LogP contribution < -0.4 is 0 Å². The first-order chi connectivity index (χ1) is 14.0. The summed E-state index contributed by atoms with van der Waals surface area (Å²) in [5.74, 6) is -0.416. The van der Waals surface area contributed by atoms with Crippen molar-refractivity contribution in [2.45, 2.75) is 84.5 Å². The summed E-state index contributed by atoms with van der Waals surface area (Å²) in [6, 6.07) is 0. The highest BCUT2D eigenvalue weighted by molar-refractivity contribution is 5.82. The minimum absolute atomic E-state index is 0.144. The summed E-state index contributed by atoms with van der Waals surface area (Å²) in [6.45, 7) is 11.4. The van der Waals surface area contributed by atoms with Gasteiger partial charge >= 0.3 is 17.9 Å². The first-order valence-electron chi connectivity index (χ1n) is 11.3. The normalized spacial score (nSPS) is 50.9. The van der Waals surface area contributed by atoms with E-state index in [1.54, 1.807) is 0 Å². The highest BCUT2D eigenvalue weighted by Gasteiger charge is 2.78. The second kappa shape index (κ2) is 6.10. The Bertz CT molecular complexity index is 849. The maximum Gasteiger partial charge on any atom is 0.316 e. The summed E-state index contributed by atoms with van der Waals surface area (Å²) in [6.07, 6.45) is 3.97. The highest BCUT2D eigenvalue weighted by Crippen LogP contribution is 2.74. The predicted octanol–water partition coefficient (Wildman–Crippen LogP) is 3.57. The van der Waals surface area contributed by atoms with Gasteiger partial charge in [0.25, 0.3) is 0 Å². The SMILES string of the molecule is C=C1C[C@]23C[C@H]1CC[C@H]2[C@]1(C)CC[C@H](OC(C)=O)[C@@]2(C)C(=O)O[C@@H]([C@@H]3OC(C)=O)[C@@H]12. The van der Waals surface area contributed by atoms with Crippen LogP contribution in [0.15, 0.2) is 12.2 Å². The van der Waals surface area contributed by atoms with Crippen molar-refractivity contribution in [1.29, 1.82) is 0 Å². The number of allylic oxidation sites excluding steroid dienone is 1. The van der Waals surface area contributed by atoms with E-state index in [2.05, 4.69) is 13.5 Å². The molecule has 2 bridgehead atoms. The fourth-order valence-electron chi connectivity index (χ4n) is 8.65. The molecule has 1 heterocycles. The number of ether oxygens (including phenoxy) is 3. The molecule has 9 atom stereocenters. The number of rotatable bonds is 2. The van der Waals surface area contributed by atoms with Crippen LogP contribution in [-0.2, 0) is 28.6 Å². The molecule has 1 saturated heterocycles. The van der Waals surface area contributed by atoms with Crippen molar-refractivity contribution in [2.75, 3.05) is 0 Å². The van der Waals surface area contributed by atoms with Gasteiger partial charge in [-0.15, -0.1) is 0 Å². The lowest BCUT2D eigenvalue weighted by atomic mass is 9.39. The Morgan fingerprint density at radius 3 is 2.47 bits per heavy atom. The third-order valence-electron chi connectivity index (χ3n) is 9.50. The Morgan fingerprint density at radius 1 is 1.10 bits per heavy atom. The topological polar surface area (TPSA) is 78.9 Å². The number of hydrogen-bond acceptors (Lipinski definition) is 6. The van der Waals surface area contributed by atoms with E-state index in [0.29, 0.717) is 18.3 Å². The van der Waals surface area contributed by atoms with Gasteiger partial charge in [-0.05, 0) is 62.7 Å². The van der Waals surface area contributed by atoms with Gasteiger partial charge in [0, 0.05) is 25.2 Å². The monoisotopic (exact) mass is 416 g/mol. The van der Waals surface area contributed by atoms with Crippen molar-refractivity contribution < 1.29 is 28.6 Å². The predicted molar refractivity (Wildman–Crippen MR) is 107 cm³/mol. The van der Waals surface area contributed by atoms with Crippen LogP contribution in [0, 0.1) is 34.0 Å². The molecule has 0 amide bonds. The number of carbonyl (C=O) groups is 3. The van der Waals surface area contributed by atoms with Crippen molar-refractivity contribution in [3.05, 3.63) is 12.2 Å². The van der Waals surface area contributed by atoms with Gasteiger partial charge in [-0.3, -0.25) is 14.4 Å². The van der Waals surface area contributed by atoms with Crippen LogP contribution in [0.1, 0.15) is 66.2 Å². The van der Waals surface area contributed by atoms with Crippen molar-refractivity contribution in [2.24, 2.45) is 34.0 Å². The smallest absolute Gasteiger partial charge is 0.316 e. The molecular formula is C24H32O6. The Labute approximate surface area is 177 Å². The molecule has 0 aromatic rings. The van der Waals surface area contributed by atoms with E-state index in [1.165, 1.54) is 19.4 Å². The first kappa shape index (κ1) is 20.1. The molecule has 4 aliphatic carbocycles. The van der Waals surface area contributed by atoms with Crippen LogP contribution in [-0.4, -0.2) is 36.2 Å². The fourth-order valence-corrected chi connectivity index (χ4v) is 8.65. The molecule has 1 spiro atoms. The average molecular weight is 417 g/mol. The van der Waals surface area contributed by atoms with Crippen LogP contribution in [0.25, 0.3) is 0 Å². The molecular weight excluding hydrogens is 384 g/mol. The van der Waals surface area contributed by atoms with Crippen LogP contribution in [0.5, 0.6) is 0 Å². The second-order valence-electron chi connectivity index (χ2n) is 10.9. The Morgan fingerprint density at radius 2 is 1.80 bits per heavy atom. The standard InChI is InChI=1S/C24H32O6/c1-12-10-24-11-15(12)6-7-16(24)22(4)9-8-17(28-13(2)25)23(5)19(22)18(30-21(23)27)20(24)29-14(3)26/h15-20H,1,6-11H2,2-5H3/t15-,16+,17+,18-,19+,20+,22+,23-,24+/m1/s1. The van der Waals surface area contributed by atoms with E-state index in [0.717, 1.165) is 32.1 Å². The third kappa shape index (κ3) is 2.28. The fraction of sp³-hybridized carbons (Fsp3) is 0.792. The van der Waals surface area contributed by atoms with Gasteiger partial charge in [0.2, 0.25) is 0 Å². The number of esters is 3. The maximum atomic E-state index is 13.3. The van der Waals surface area contributed by atoms with E-state index >= 15 is 0 Å². The van der Waals surface area contributed by atoms with Crippen molar-refractivity contribution in [3.63, 3.8) is 0 Å². The van der Waals surface area contributed by atoms with Crippen LogP contribution >= 0.6 is 0 Å². The minimum Gasteiger partial charge on any atom is -0.461 e. The molecule has 30 heavy (non-hydrogen) atoms. The zero-order valence-corrected chi connectivity index (χ0v) is 18.4. The molecule has 0 unspecified atom stereocenters. The summed E-state index contributed by atoms with van der Waals surface area (Å²) >= 11 is 0. The van der Waals surface area contributed by atoms with Crippen molar-refractivity contribution >= 4 is 17.9 Å². The molecule has 5 fully saturated rings. The number of carbonyl (C=O) groups excluding carboxylic acids is 3. The van der Waals surface area contributed by atoms with E-state index in [1.807, 2.05) is 6.92 Å². The molecule has 5 rings (SSSR count). The molecule has 0 radical (unpaired) electrons. The van der Waals surface area contributed by atoms with Gasteiger partial charge in [-0.25, -0.2) is 0 Å². The third-order valence-corrected chi connectivity index (χ3v) is 9.50. The Hall–Kier alpha value is -1.85. The van der Waals surface area contributed by atoms with Crippen LogP contribution in [0.4, 0.5) is 0 Å². The first-order valence-corrected chi connectivity index (χ1v) is 11.3. The molecule has 6 nitrogen and oxygen atoms in total. The summed E-state index contributed by atoms with van der Waals surface area (Å²) in [4.78, 5) is 37.3. The van der Waals surface area contributed by atoms with E-state index in [9.17, 15) is 14.4 Å². The van der Waals surface area contributed by atoms with E-state index in [-0.39, 0.29) is 34.7 Å². The number of hydrogen-bond donors (Lipinski definition) is 0. The lowest BCUT2D eigenvalue weighted by molar-refractivity contribution is -0.242. The summed E-state index contributed by atoms with van der Waals surface area (Å²) in [5, 5.41) is 0. The zero-order chi connectivity index (χ0) is 21.6. The quantitative estimate of drug-likeness (QED) is 0.389. The lowest BCUT2D eigenvalue weighted by Gasteiger charge is -2.64. The lowest BCUT2D eigenvalue weighted by Crippen LogP contribution is -2.68. The molecule has 0 aromatic carbocycles. The molecule has 6 heteroatoms. The van der Waals surface area contributed by atoms with E-state index < -0.39 is 23.7 Å². The molecule has 1 aliphatic heterocycles. The van der Waals surface area contributed by atoms with Gasteiger partial charge in [0.15, 0.2) is 0 Å². The van der Waals surface area contributed by atoms with Gasteiger partial charge in [-0.2, -0.15) is 0 Å². The number of fused-ring (bicyclic) bond motifs is 2. The molecule has 5 aliphatic rings.